The number of nitrogens with zero attached hydrogens (tertiary/aromatic N) is 4. The molecule has 3 heterocycles. The highest BCUT2D eigenvalue weighted by molar-refractivity contribution is 7.54. The molecule has 2 unspecified atom stereocenters. The van der Waals surface area contributed by atoms with Crippen LogP contribution in [-0.4, -0.2) is 85.4 Å². The van der Waals surface area contributed by atoms with Crippen LogP contribution < -0.4 is 14.9 Å². The predicted molar refractivity (Wildman–Crippen MR) is 140 cm³/mol. The van der Waals surface area contributed by atoms with E-state index in [1.807, 2.05) is 0 Å². The van der Waals surface area contributed by atoms with Crippen molar-refractivity contribution in [2.24, 2.45) is 0 Å². The molecule has 5 atom stereocenters. The molecule has 0 radical (unpaired) electrons. The van der Waals surface area contributed by atoms with Gasteiger partial charge in [-0.3, -0.25) is 13.9 Å². The number of nitrogens with one attached hydrogen (secondary N) is 2. The van der Waals surface area contributed by atoms with Crippen molar-refractivity contribution in [3.05, 3.63) is 12.2 Å². The Hall–Kier alpha value is -2.19. The van der Waals surface area contributed by atoms with Gasteiger partial charge in [-0.05, 0) is 47.5 Å². The zero-order chi connectivity index (χ0) is 28.6. The molecule has 2 aromatic heterocycles. The lowest BCUT2D eigenvalue weighted by atomic mass is 9.96. The van der Waals surface area contributed by atoms with Crippen LogP contribution in [0.3, 0.4) is 0 Å². The quantitative estimate of drug-likeness (QED) is 0.227. The first-order valence-corrected chi connectivity index (χ1v) is 14.8. The molecule has 218 valence electrons. The molecule has 1 aliphatic heterocycles. The topological polar surface area (TPSA) is 179 Å². The molecule has 2 fully saturated rings. The molecule has 4 rings (SSSR count). The van der Waals surface area contributed by atoms with Crippen molar-refractivity contribution >= 4 is 24.8 Å². The minimum Gasteiger partial charge on any atom is -0.479 e. The summed E-state index contributed by atoms with van der Waals surface area (Å²) in [6, 6.07) is -0.260. The Balaban J connectivity index is 1.57. The van der Waals surface area contributed by atoms with Gasteiger partial charge >= 0.3 is 13.6 Å². The third-order valence-corrected chi connectivity index (χ3v) is 9.13. The maximum absolute atomic E-state index is 14.0. The molecule has 2 aliphatic rings. The van der Waals surface area contributed by atoms with Crippen LogP contribution >= 0.6 is 7.67 Å². The SMILES string of the molecule is CCOC(=O)C1(NP(=O)(NC(C)C)OC[C@H]2O[C@@H](n3cnc4c(OC)nc(C)nc43)C(C)(O)[C@H]2O)CCCC1. The zero-order valence-electron chi connectivity index (χ0n) is 23.2. The molecule has 1 aliphatic carbocycles. The minimum absolute atomic E-state index is 0.197. The highest BCUT2D eigenvalue weighted by Gasteiger charge is 2.55. The van der Waals surface area contributed by atoms with Gasteiger partial charge in [0.1, 0.15) is 29.2 Å². The number of fused-ring (bicyclic) bond motifs is 1. The minimum atomic E-state index is -3.85. The number of rotatable bonds is 11. The van der Waals surface area contributed by atoms with Crippen molar-refractivity contribution in [1.29, 1.82) is 0 Å². The van der Waals surface area contributed by atoms with Gasteiger partial charge in [0.25, 0.3) is 0 Å². The normalized spacial score (nSPS) is 28.2. The Morgan fingerprint density at radius 1 is 1.33 bits per heavy atom. The summed E-state index contributed by atoms with van der Waals surface area (Å²) in [6.07, 6.45) is 0.293. The molecule has 0 bridgehead atoms. The van der Waals surface area contributed by atoms with Crippen molar-refractivity contribution in [3.8, 4) is 5.88 Å². The van der Waals surface area contributed by atoms with Crippen LogP contribution in [0.4, 0.5) is 0 Å². The highest BCUT2D eigenvalue weighted by atomic mass is 31.2. The molecular weight excluding hydrogens is 531 g/mol. The maximum Gasteiger partial charge on any atom is 0.342 e. The smallest absolute Gasteiger partial charge is 0.342 e. The second kappa shape index (κ2) is 11.4. The Morgan fingerprint density at radius 2 is 2.03 bits per heavy atom. The van der Waals surface area contributed by atoms with Gasteiger partial charge in [0, 0.05) is 6.04 Å². The molecule has 0 spiro atoms. The Labute approximate surface area is 227 Å². The van der Waals surface area contributed by atoms with Crippen LogP contribution in [0.15, 0.2) is 6.33 Å². The molecule has 14 nitrogen and oxygen atoms in total. The molecule has 2 aromatic rings. The van der Waals surface area contributed by atoms with Crippen LogP contribution in [0.25, 0.3) is 11.2 Å². The molecule has 4 N–H and O–H groups in total. The fraction of sp³-hybridized carbons (Fsp3) is 0.750. The standard InChI is InChI=1S/C24H39N6O8P/c1-7-36-22(32)24(10-8-9-11-24)29-39(34,28-14(2)3)37-12-16-18(31)23(5,33)21(38-16)30-13-25-17-19(30)26-15(4)27-20(17)35-6/h13-14,16,18,21,31,33H,7-12H2,1-6H3,(H2,28,29,34)/t16-,18+,21-,23?,39?/m1/s1. The number of carbonyl (C=O) groups is 1. The summed E-state index contributed by atoms with van der Waals surface area (Å²) in [5.74, 6) is 0.216. The van der Waals surface area contributed by atoms with Crippen molar-refractivity contribution < 1.29 is 38.3 Å². The Bertz CT molecular complexity index is 1230. The van der Waals surface area contributed by atoms with Crippen LogP contribution in [0, 0.1) is 6.92 Å². The molecular formula is C24H39N6O8P. The number of hydrogen-bond donors (Lipinski definition) is 4. The van der Waals surface area contributed by atoms with E-state index in [0.717, 1.165) is 12.8 Å². The third kappa shape index (κ3) is 5.83. The molecule has 1 saturated heterocycles. The van der Waals surface area contributed by atoms with Gasteiger partial charge in [0.15, 0.2) is 17.4 Å². The van der Waals surface area contributed by atoms with Gasteiger partial charge in [-0.1, -0.05) is 12.8 Å². The van der Waals surface area contributed by atoms with E-state index in [-0.39, 0.29) is 25.1 Å². The van der Waals surface area contributed by atoms with Crippen molar-refractivity contribution in [1.82, 2.24) is 29.7 Å². The summed E-state index contributed by atoms with van der Waals surface area (Å²) in [5.41, 5.74) is -2.21. The second-order valence-corrected chi connectivity index (χ2v) is 12.4. The summed E-state index contributed by atoms with van der Waals surface area (Å²) in [4.78, 5) is 25.8. The van der Waals surface area contributed by atoms with E-state index in [9.17, 15) is 19.6 Å². The van der Waals surface area contributed by atoms with Gasteiger partial charge < -0.3 is 28.9 Å². The van der Waals surface area contributed by atoms with Gasteiger partial charge in [-0.2, -0.15) is 4.98 Å². The van der Waals surface area contributed by atoms with Crippen molar-refractivity contribution in [3.63, 3.8) is 0 Å². The first-order valence-electron chi connectivity index (χ1n) is 13.2. The lowest BCUT2D eigenvalue weighted by Crippen LogP contribution is -2.52. The first-order chi connectivity index (χ1) is 18.4. The number of aromatic nitrogens is 4. The molecule has 0 aromatic carbocycles. The third-order valence-electron chi connectivity index (χ3n) is 7.04. The van der Waals surface area contributed by atoms with Crippen molar-refractivity contribution in [2.45, 2.75) is 95.9 Å². The highest BCUT2D eigenvalue weighted by Crippen LogP contribution is 2.47. The first kappa shape index (κ1) is 29.8. The van der Waals surface area contributed by atoms with E-state index in [1.165, 1.54) is 24.9 Å². The zero-order valence-corrected chi connectivity index (χ0v) is 24.1. The van der Waals surface area contributed by atoms with Crippen LogP contribution in [0.1, 0.15) is 65.4 Å². The summed E-state index contributed by atoms with van der Waals surface area (Å²) >= 11 is 0. The van der Waals surface area contributed by atoms with Gasteiger partial charge in [-0.15, -0.1) is 0 Å². The summed E-state index contributed by atoms with van der Waals surface area (Å²) in [7, 11) is -2.39. The number of methoxy groups -OCH3 is 1. The van der Waals surface area contributed by atoms with E-state index in [1.54, 1.807) is 27.7 Å². The second-order valence-electron chi connectivity index (χ2n) is 10.6. The number of ether oxygens (including phenoxy) is 3. The number of imidazole rings is 1. The van der Waals surface area contributed by atoms with E-state index in [2.05, 4.69) is 25.1 Å². The number of carbonyl (C=O) groups excluding carboxylic acids is 1. The number of esters is 1. The van der Waals surface area contributed by atoms with Crippen LogP contribution in [-0.2, 0) is 23.4 Å². The van der Waals surface area contributed by atoms with E-state index >= 15 is 0 Å². The summed E-state index contributed by atoms with van der Waals surface area (Å²) in [6.45, 7) is 8.29. The molecule has 0 amide bonds. The van der Waals surface area contributed by atoms with Gasteiger partial charge in [-0.25, -0.2) is 20.1 Å². The summed E-state index contributed by atoms with van der Waals surface area (Å²) < 4.78 is 38.0. The average molecular weight is 571 g/mol. The Kier molecular flexibility index (Phi) is 8.67. The molecule has 39 heavy (non-hydrogen) atoms. The fourth-order valence-corrected chi connectivity index (χ4v) is 7.32. The number of aryl methyl sites for hydroxylation is 1. The molecule has 15 heteroatoms. The Morgan fingerprint density at radius 3 is 2.64 bits per heavy atom. The van der Waals surface area contributed by atoms with Crippen LogP contribution in [0.2, 0.25) is 0 Å². The number of aliphatic hydroxyl groups is 2. The fourth-order valence-electron chi connectivity index (χ4n) is 5.20. The lowest BCUT2D eigenvalue weighted by Gasteiger charge is -2.34. The lowest BCUT2D eigenvalue weighted by molar-refractivity contribution is -0.150. The number of hydrogen-bond acceptors (Lipinski definition) is 11. The monoisotopic (exact) mass is 570 g/mol. The molecule has 1 saturated carbocycles. The van der Waals surface area contributed by atoms with Gasteiger partial charge in [0.05, 0.1) is 26.7 Å². The largest absolute Gasteiger partial charge is 0.479 e. The number of aliphatic hydroxyl groups excluding tert-OH is 1. The average Bonchev–Trinajstić information content (AvgIpc) is 3.55. The summed E-state index contributed by atoms with van der Waals surface area (Å²) in [5, 5.41) is 28.2. The van der Waals surface area contributed by atoms with E-state index in [4.69, 9.17) is 18.7 Å². The van der Waals surface area contributed by atoms with Gasteiger partial charge in [0.2, 0.25) is 5.88 Å². The van der Waals surface area contributed by atoms with E-state index < -0.39 is 43.2 Å². The maximum atomic E-state index is 14.0. The van der Waals surface area contributed by atoms with Crippen molar-refractivity contribution in [2.75, 3.05) is 20.3 Å². The van der Waals surface area contributed by atoms with Crippen LogP contribution in [0.5, 0.6) is 5.88 Å². The predicted octanol–water partition coefficient (Wildman–Crippen LogP) is 1.74. The van der Waals surface area contributed by atoms with E-state index in [0.29, 0.717) is 29.8 Å².